The van der Waals surface area contributed by atoms with Crippen LogP contribution in [0.15, 0.2) is 0 Å². The fourth-order valence-electron chi connectivity index (χ4n) is 1.57. The Morgan fingerprint density at radius 3 is 1.44 bits per heavy atom. The number of rotatable bonds is 8. The van der Waals surface area contributed by atoms with E-state index in [4.69, 9.17) is 0 Å². The predicted molar refractivity (Wildman–Crippen MR) is 57.3 cm³/mol. The molecule has 0 atom stereocenters. The van der Waals surface area contributed by atoms with Gasteiger partial charge in [0.25, 0.3) is 0 Å². The van der Waals surface area contributed by atoms with Crippen LogP contribution in [0.2, 0.25) is 0 Å². The summed E-state index contributed by atoms with van der Waals surface area (Å²) in [7, 11) is 0. The van der Waals surface area contributed by atoms with Gasteiger partial charge >= 0.3 is 23.1 Å². The molecule has 0 aromatic carbocycles. The van der Waals surface area contributed by atoms with E-state index in [1.54, 1.807) is 0 Å². The average molecular weight is 239 g/mol. The van der Waals surface area contributed by atoms with Crippen molar-refractivity contribution in [2.75, 3.05) is 0 Å². The van der Waals surface area contributed by atoms with E-state index in [1.807, 2.05) is 13.8 Å². The van der Waals surface area contributed by atoms with Crippen LogP contribution in [-0.4, -0.2) is 35.0 Å². The number of unbranched alkanes of at least 4 members (excludes halogenated alkanes) is 2. The second-order valence-corrected chi connectivity index (χ2v) is 3.86. The Balaban J connectivity index is 0. The molecule has 0 aliphatic rings. The number of carboxylic acid groups (broad SMARTS) is 2. The molecular formula is C11H18MgO4. The maximum atomic E-state index is 10.9. The van der Waals surface area contributed by atoms with Crippen molar-refractivity contribution in [2.24, 2.45) is 5.41 Å². The molecule has 0 spiro atoms. The molecule has 0 aromatic rings. The second kappa shape index (κ2) is 8.81. The molecule has 0 rings (SSSR count). The molecule has 0 saturated carbocycles. The van der Waals surface area contributed by atoms with Crippen molar-refractivity contribution in [2.45, 2.75) is 52.4 Å². The average Bonchev–Trinajstić information content (AvgIpc) is 2.17. The van der Waals surface area contributed by atoms with E-state index >= 15 is 0 Å². The number of carbonyl (C=O) groups is 2. The first-order chi connectivity index (χ1) is 7.01. The molecule has 0 N–H and O–H groups in total. The SMILES string of the molecule is CCCCC(CCCC)(C(=O)[O-])C(=O)[O-].[Mg+2]. The van der Waals surface area contributed by atoms with E-state index in [9.17, 15) is 19.8 Å². The summed E-state index contributed by atoms with van der Waals surface area (Å²) in [6, 6.07) is 0. The Labute approximate surface area is 113 Å². The van der Waals surface area contributed by atoms with Crippen molar-refractivity contribution in [1.82, 2.24) is 0 Å². The van der Waals surface area contributed by atoms with Gasteiger partial charge in [0.1, 0.15) is 0 Å². The number of carbonyl (C=O) groups excluding carboxylic acids is 2. The number of carboxylic acids is 2. The Hall–Kier alpha value is -0.294. The summed E-state index contributed by atoms with van der Waals surface area (Å²) in [5.41, 5.74) is -1.79. The molecule has 5 heteroatoms. The van der Waals surface area contributed by atoms with E-state index in [0.717, 1.165) is 12.8 Å². The molecule has 0 heterocycles. The summed E-state index contributed by atoms with van der Waals surface area (Å²) in [6.07, 6.45) is 2.85. The zero-order chi connectivity index (χ0) is 11.9. The molecule has 16 heavy (non-hydrogen) atoms. The second-order valence-electron chi connectivity index (χ2n) is 3.86. The first-order valence-electron chi connectivity index (χ1n) is 5.44. The minimum atomic E-state index is -1.79. The third-order valence-electron chi connectivity index (χ3n) is 2.70. The standard InChI is InChI=1S/C11H20O4.Mg/c1-3-5-7-11(9(12)13,10(14)15)8-6-4-2;/h3-8H2,1-2H3,(H,12,13)(H,14,15);/q;+2/p-2. The maximum Gasteiger partial charge on any atom is 2.00 e. The molecule has 0 unspecified atom stereocenters. The monoisotopic (exact) mass is 238 g/mol. The molecule has 0 bridgehead atoms. The Kier molecular flexibility index (Phi) is 9.96. The first-order valence-corrected chi connectivity index (χ1v) is 5.44. The van der Waals surface area contributed by atoms with E-state index in [2.05, 4.69) is 0 Å². The molecule has 0 saturated heterocycles. The van der Waals surface area contributed by atoms with E-state index < -0.39 is 17.4 Å². The van der Waals surface area contributed by atoms with Gasteiger partial charge in [-0.25, -0.2) is 0 Å². The van der Waals surface area contributed by atoms with Crippen molar-refractivity contribution in [3.05, 3.63) is 0 Å². The summed E-state index contributed by atoms with van der Waals surface area (Å²) < 4.78 is 0. The first kappa shape index (κ1) is 18.1. The number of hydrogen-bond donors (Lipinski definition) is 0. The van der Waals surface area contributed by atoms with E-state index in [1.165, 1.54) is 0 Å². The Bertz CT molecular complexity index is 204. The Morgan fingerprint density at radius 1 is 0.938 bits per heavy atom. The van der Waals surface area contributed by atoms with E-state index in [0.29, 0.717) is 12.8 Å². The summed E-state index contributed by atoms with van der Waals surface area (Å²) in [5.74, 6) is -3.02. The fraction of sp³-hybridized carbons (Fsp3) is 0.818. The van der Waals surface area contributed by atoms with Crippen LogP contribution in [-0.2, 0) is 9.59 Å². The zero-order valence-corrected chi connectivity index (χ0v) is 11.5. The van der Waals surface area contributed by atoms with Crippen LogP contribution in [0.25, 0.3) is 0 Å². The summed E-state index contributed by atoms with van der Waals surface area (Å²) >= 11 is 0. The van der Waals surface area contributed by atoms with Crippen LogP contribution in [0.1, 0.15) is 52.4 Å². The zero-order valence-electron chi connectivity index (χ0n) is 10.1. The van der Waals surface area contributed by atoms with Gasteiger partial charge in [-0.1, -0.05) is 39.5 Å². The molecule has 0 fully saturated rings. The van der Waals surface area contributed by atoms with Crippen molar-refractivity contribution < 1.29 is 19.8 Å². The van der Waals surface area contributed by atoms with Gasteiger partial charge in [-0.2, -0.15) is 0 Å². The minimum Gasteiger partial charge on any atom is -0.549 e. The van der Waals surface area contributed by atoms with Crippen molar-refractivity contribution in [1.29, 1.82) is 0 Å². The van der Waals surface area contributed by atoms with Crippen LogP contribution in [0.3, 0.4) is 0 Å². The van der Waals surface area contributed by atoms with Crippen LogP contribution in [0, 0.1) is 5.41 Å². The fourth-order valence-corrected chi connectivity index (χ4v) is 1.57. The quantitative estimate of drug-likeness (QED) is 0.421. The number of hydrogen-bond acceptors (Lipinski definition) is 4. The molecule has 4 nitrogen and oxygen atoms in total. The van der Waals surface area contributed by atoms with Crippen molar-refractivity contribution in [3.8, 4) is 0 Å². The van der Waals surface area contributed by atoms with Gasteiger partial charge in [0.2, 0.25) is 0 Å². The van der Waals surface area contributed by atoms with Gasteiger partial charge in [0.15, 0.2) is 0 Å². The largest absolute Gasteiger partial charge is 2.00 e. The van der Waals surface area contributed by atoms with Gasteiger partial charge < -0.3 is 19.8 Å². The van der Waals surface area contributed by atoms with Crippen molar-refractivity contribution >= 4 is 35.0 Å². The van der Waals surface area contributed by atoms with Crippen LogP contribution >= 0.6 is 0 Å². The topological polar surface area (TPSA) is 80.3 Å². The smallest absolute Gasteiger partial charge is 0.549 e. The third kappa shape index (κ3) is 4.70. The van der Waals surface area contributed by atoms with Gasteiger partial charge in [-0.05, 0) is 12.8 Å². The molecular weight excluding hydrogens is 220 g/mol. The third-order valence-corrected chi connectivity index (χ3v) is 2.70. The summed E-state index contributed by atoms with van der Waals surface area (Å²) in [6.45, 7) is 3.77. The molecule has 0 amide bonds. The van der Waals surface area contributed by atoms with Gasteiger partial charge in [0, 0.05) is 5.41 Å². The van der Waals surface area contributed by atoms with Gasteiger partial charge in [-0.3, -0.25) is 0 Å². The molecule has 0 aliphatic carbocycles. The normalized spacial score (nSPS) is 10.6. The molecule has 0 aromatic heterocycles. The predicted octanol–water partition coefficient (Wildman–Crippen LogP) is -0.528. The van der Waals surface area contributed by atoms with Gasteiger partial charge in [-0.15, -0.1) is 0 Å². The molecule has 0 radical (unpaired) electrons. The van der Waals surface area contributed by atoms with Crippen LogP contribution in [0.5, 0.6) is 0 Å². The summed E-state index contributed by atoms with van der Waals surface area (Å²) in [5, 5.41) is 21.9. The number of aliphatic carboxylic acids is 2. The molecule has 88 valence electrons. The van der Waals surface area contributed by atoms with Crippen LogP contribution < -0.4 is 10.2 Å². The van der Waals surface area contributed by atoms with Crippen LogP contribution in [0.4, 0.5) is 0 Å². The summed E-state index contributed by atoms with van der Waals surface area (Å²) in [4.78, 5) is 21.9. The Morgan fingerprint density at radius 2 is 1.25 bits per heavy atom. The molecule has 0 aliphatic heterocycles. The minimum absolute atomic E-state index is 0. The maximum absolute atomic E-state index is 10.9. The van der Waals surface area contributed by atoms with Gasteiger partial charge in [0.05, 0.1) is 11.9 Å². The van der Waals surface area contributed by atoms with Crippen molar-refractivity contribution in [3.63, 3.8) is 0 Å². The van der Waals surface area contributed by atoms with E-state index in [-0.39, 0.29) is 35.9 Å².